The zero-order valence-electron chi connectivity index (χ0n) is 9.59. The Labute approximate surface area is 95.4 Å². The van der Waals surface area contributed by atoms with Gasteiger partial charge in [-0.1, -0.05) is 37.3 Å². The fraction of sp³-hybridized carbons (Fsp3) is 0.308. The third kappa shape index (κ3) is 1.63. The second-order valence-corrected chi connectivity index (χ2v) is 3.94. The van der Waals surface area contributed by atoms with E-state index in [1.54, 1.807) is 6.20 Å². The Kier molecular flexibility index (Phi) is 2.79. The molecule has 0 spiro atoms. The lowest BCUT2D eigenvalue weighted by Gasteiger charge is -2.26. The highest BCUT2D eigenvalue weighted by atomic mass is 16.3. The Morgan fingerprint density at radius 3 is 2.50 bits per heavy atom. The van der Waals surface area contributed by atoms with E-state index in [1.165, 1.54) is 0 Å². The summed E-state index contributed by atoms with van der Waals surface area (Å²) in [5, 5.41) is 10.7. The molecule has 1 unspecified atom stereocenters. The second-order valence-electron chi connectivity index (χ2n) is 3.94. The molecule has 0 aliphatic rings. The average Bonchev–Trinajstić information content (AvgIpc) is 2.76. The smallest absolute Gasteiger partial charge is 0.147 e. The molecule has 0 aliphatic heterocycles. The van der Waals surface area contributed by atoms with E-state index in [4.69, 9.17) is 0 Å². The van der Waals surface area contributed by atoms with E-state index < -0.39 is 5.60 Å². The molecule has 0 bridgehead atoms. The molecule has 84 valence electrons. The van der Waals surface area contributed by atoms with Crippen molar-refractivity contribution in [3.63, 3.8) is 0 Å². The van der Waals surface area contributed by atoms with Gasteiger partial charge in [0.15, 0.2) is 0 Å². The maximum Gasteiger partial charge on any atom is 0.147 e. The lowest BCUT2D eigenvalue weighted by Crippen LogP contribution is -2.29. The van der Waals surface area contributed by atoms with Crippen molar-refractivity contribution in [2.45, 2.75) is 18.9 Å². The Hall–Kier alpha value is -1.61. The van der Waals surface area contributed by atoms with Crippen molar-refractivity contribution < 1.29 is 5.11 Å². The summed E-state index contributed by atoms with van der Waals surface area (Å²) in [6.45, 7) is 1.96. The first-order valence-electron chi connectivity index (χ1n) is 5.44. The van der Waals surface area contributed by atoms with Crippen molar-refractivity contribution in [1.82, 2.24) is 9.55 Å². The number of aryl methyl sites for hydroxylation is 1. The van der Waals surface area contributed by atoms with Crippen LogP contribution >= 0.6 is 0 Å². The fourth-order valence-corrected chi connectivity index (χ4v) is 1.97. The van der Waals surface area contributed by atoms with Gasteiger partial charge in [-0.3, -0.25) is 0 Å². The number of benzene rings is 1. The molecule has 3 nitrogen and oxygen atoms in total. The predicted molar refractivity (Wildman–Crippen MR) is 62.9 cm³/mol. The molecule has 1 heterocycles. The normalized spacial score (nSPS) is 14.7. The summed E-state index contributed by atoms with van der Waals surface area (Å²) >= 11 is 0. The van der Waals surface area contributed by atoms with Gasteiger partial charge < -0.3 is 9.67 Å². The number of imidazole rings is 1. The van der Waals surface area contributed by atoms with Crippen LogP contribution in [0.5, 0.6) is 0 Å². The Morgan fingerprint density at radius 2 is 2.00 bits per heavy atom. The monoisotopic (exact) mass is 216 g/mol. The minimum atomic E-state index is -1.00. The highest BCUT2D eigenvalue weighted by Crippen LogP contribution is 2.30. The van der Waals surface area contributed by atoms with Crippen LogP contribution in [0.1, 0.15) is 24.7 Å². The Morgan fingerprint density at radius 1 is 1.31 bits per heavy atom. The molecule has 2 aromatic rings. The van der Waals surface area contributed by atoms with Gasteiger partial charge in [0, 0.05) is 19.4 Å². The molecular formula is C13H16N2O. The molecule has 0 radical (unpaired) electrons. The Bertz CT molecular complexity index is 464. The van der Waals surface area contributed by atoms with Crippen molar-refractivity contribution in [1.29, 1.82) is 0 Å². The van der Waals surface area contributed by atoms with E-state index in [9.17, 15) is 5.11 Å². The molecule has 0 amide bonds. The van der Waals surface area contributed by atoms with Crippen LogP contribution in [0, 0.1) is 0 Å². The van der Waals surface area contributed by atoms with Crippen molar-refractivity contribution in [3.8, 4) is 0 Å². The van der Waals surface area contributed by atoms with E-state index in [-0.39, 0.29) is 0 Å². The number of rotatable bonds is 3. The van der Waals surface area contributed by atoms with Gasteiger partial charge in [0.1, 0.15) is 11.4 Å². The van der Waals surface area contributed by atoms with Crippen LogP contribution in [0.3, 0.4) is 0 Å². The van der Waals surface area contributed by atoms with Gasteiger partial charge in [0.2, 0.25) is 0 Å². The molecule has 1 aromatic heterocycles. The number of nitrogens with zero attached hydrogens (tertiary/aromatic N) is 2. The summed E-state index contributed by atoms with van der Waals surface area (Å²) in [6, 6.07) is 9.66. The van der Waals surface area contributed by atoms with Crippen LogP contribution in [0.4, 0.5) is 0 Å². The van der Waals surface area contributed by atoms with E-state index in [1.807, 2.05) is 55.1 Å². The molecule has 3 heteroatoms. The van der Waals surface area contributed by atoms with Crippen LogP contribution in [0.2, 0.25) is 0 Å². The summed E-state index contributed by atoms with van der Waals surface area (Å²) in [7, 11) is 1.89. The molecule has 16 heavy (non-hydrogen) atoms. The summed E-state index contributed by atoms with van der Waals surface area (Å²) in [6.07, 6.45) is 4.15. The molecule has 0 saturated heterocycles. The summed E-state index contributed by atoms with van der Waals surface area (Å²) in [4.78, 5) is 4.25. The quantitative estimate of drug-likeness (QED) is 0.853. The van der Waals surface area contributed by atoms with Crippen LogP contribution in [-0.2, 0) is 12.6 Å². The van der Waals surface area contributed by atoms with Crippen molar-refractivity contribution in [2.24, 2.45) is 7.05 Å². The van der Waals surface area contributed by atoms with E-state index in [0.717, 1.165) is 5.56 Å². The lowest BCUT2D eigenvalue weighted by molar-refractivity contribution is 0.0641. The molecule has 1 aromatic carbocycles. The number of aromatic nitrogens is 2. The van der Waals surface area contributed by atoms with Crippen molar-refractivity contribution in [3.05, 3.63) is 54.1 Å². The van der Waals surface area contributed by atoms with Crippen LogP contribution < -0.4 is 0 Å². The van der Waals surface area contributed by atoms with Gasteiger partial charge >= 0.3 is 0 Å². The molecule has 0 fully saturated rings. The van der Waals surface area contributed by atoms with Gasteiger partial charge in [-0.25, -0.2) is 4.98 Å². The topological polar surface area (TPSA) is 38.1 Å². The average molecular weight is 216 g/mol. The highest BCUT2D eigenvalue weighted by molar-refractivity contribution is 5.29. The molecule has 0 saturated carbocycles. The van der Waals surface area contributed by atoms with Gasteiger partial charge in [-0.05, 0) is 12.0 Å². The van der Waals surface area contributed by atoms with Gasteiger partial charge in [-0.2, -0.15) is 0 Å². The summed E-state index contributed by atoms with van der Waals surface area (Å²) in [5.41, 5.74) is -0.119. The molecule has 1 atom stereocenters. The maximum absolute atomic E-state index is 10.7. The molecular weight excluding hydrogens is 200 g/mol. The highest BCUT2D eigenvalue weighted by Gasteiger charge is 2.32. The SMILES string of the molecule is CCC(O)(c1ccccc1)c1nccn1C. The zero-order chi connectivity index (χ0) is 11.6. The zero-order valence-corrected chi connectivity index (χ0v) is 9.59. The first-order chi connectivity index (χ1) is 7.68. The standard InChI is InChI=1S/C13H16N2O/c1-3-13(16,11-7-5-4-6-8-11)12-14-9-10-15(12)2/h4-10,16H,3H2,1-2H3. The van der Waals surface area contributed by atoms with E-state index in [2.05, 4.69) is 4.98 Å². The second kappa shape index (κ2) is 4.10. The predicted octanol–water partition coefficient (Wildman–Crippen LogP) is 2.07. The van der Waals surface area contributed by atoms with Gasteiger partial charge in [0.25, 0.3) is 0 Å². The molecule has 0 aliphatic carbocycles. The van der Waals surface area contributed by atoms with Crippen LogP contribution in [-0.4, -0.2) is 14.7 Å². The Balaban J connectivity index is 2.53. The van der Waals surface area contributed by atoms with Crippen LogP contribution in [0.15, 0.2) is 42.7 Å². The molecule has 1 N–H and O–H groups in total. The summed E-state index contributed by atoms with van der Waals surface area (Å²) in [5.74, 6) is 0.682. The van der Waals surface area contributed by atoms with E-state index >= 15 is 0 Å². The minimum absolute atomic E-state index is 0.599. The largest absolute Gasteiger partial charge is 0.377 e. The first-order valence-corrected chi connectivity index (χ1v) is 5.44. The van der Waals surface area contributed by atoms with E-state index in [0.29, 0.717) is 12.2 Å². The minimum Gasteiger partial charge on any atom is -0.377 e. The van der Waals surface area contributed by atoms with Gasteiger partial charge in [0.05, 0.1) is 0 Å². The fourth-order valence-electron chi connectivity index (χ4n) is 1.97. The number of aliphatic hydroxyl groups is 1. The summed E-state index contributed by atoms with van der Waals surface area (Å²) < 4.78 is 1.86. The number of hydrogen-bond acceptors (Lipinski definition) is 2. The third-order valence-corrected chi connectivity index (χ3v) is 2.95. The first kappa shape index (κ1) is 10.9. The third-order valence-electron chi connectivity index (χ3n) is 2.95. The van der Waals surface area contributed by atoms with Crippen molar-refractivity contribution >= 4 is 0 Å². The van der Waals surface area contributed by atoms with Gasteiger partial charge in [-0.15, -0.1) is 0 Å². The lowest BCUT2D eigenvalue weighted by atomic mass is 9.90. The van der Waals surface area contributed by atoms with Crippen molar-refractivity contribution in [2.75, 3.05) is 0 Å². The number of hydrogen-bond donors (Lipinski definition) is 1. The van der Waals surface area contributed by atoms with Crippen LogP contribution in [0.25, 0.3) is 0 Å². The molecule has 2 rings (SSSR count). The maximum atomic E-state index is 10.7.